The molecule has 2 rings (SSSR count). The van der Waals surface area contributed by atoms with Gasteiger partial charge >= 0.3 is 6.18 Å². The summed E-state index contributed by atoms with van der Waals surface area (Å²) in [6.45, 7) is -0.0618. The van der Waals surface area contributed by atoms with Gasteiger partial charge in [-0.2, -0.15) is 13.2 Å². The average Bonchev–Trinajstić information content (AvgIpc) is 2.32. The van der Waals surface area contributed by atoms with Crippen molar-refractivity contribution in [1.82, 2.24) is 4.90 Å². The van der Waals surface area contributed by atoms with Crippen LogP contribution in [0.1, 0.15) is 6.92 Å². The van der Waals surface area contributed by atoms with Crippen molar-refractivity contribution in [3.63, 3.8) is 0 Å². The Morgan fingerprint density at radius 1 is 1.27 bits per heavy atom. The predicted molar refractivity (Wildman–Crippen MR) is 75.9 cm³/mol. The average molecular weight is 338 g/mol. The van der Waals surface area contributed by atoms with Crippen LogP contribution >= 0.6 is 0 Å². The van der Waals surface area contributed by atoms with Crippen molar-refractivity contribution < 1.29 is 26.7 Å². The number of alkyl halides is 3. The molecule has 0 amide bonds. The highest BCUT2D eigenvalue weighted by Gasteiger charge is 2.52. The van der Waals surface area contributed by atoms with Crippen LogP contribution in [0.2, 0.25) is 0 Å². The Labute approximate surface area is 126 Å². The summed E-state index contributed by atoms with van der Waals surface area (Å²) >= 11 is 0. The summed E-state index contributed by atoms with van der Waals surface area (Å²) in [6, 6.07) is 8.25. The number of sulfonamides is 1. The van der Waals surface area contributed by atoms with Crippen LogP contribution in [0, 0.1) is 0 Å². The van der Waals surface area contributed by atoms with Crippen molar-refractivity contribution in [2.24, 2.45) is 0 Å². The molecule has 0 bridgehead atoms. The van der Waals surface area contributed by atoms with Crippen molar-refractivity contribution >= 4 is 15.7 Å². The van der Waals surface area contributed by atoms with Gasteiger partial charge in [-0.25, -0.2) is 8.42 Å². The lowest BCUT2D eigenvalue weighted by Crippen LogP contribution is -2.62. The lowest BCUT2D eigenvalue weighted by molar-refractivity contribution is -0.259. The second kappa shape index (κ2) is 5.71. The van der Waals surface area contributed by atoms with Gasteiger partial charge in [0.1, 0.15) is 5.25 Å². The number of hydrogen-bond donors (Lipinski definition) is 2. The molecule has 124 valence electrons. The lowest BCUT2D eigenvalue weighted by atomic mass is 10.0. The van der Waals surface area contributed by atoms with Crippen molar-refractivity contribution in [2.45, 2.75) is 24.0 Å². The van der Waals surface area contributed by atoms with Crippen LogP contribution < -0.4 is 4.72 Å². The summed E-state index contributed by atoms with van der Waals surface area (Å²) in [5, 5.41) is 8.58. The van der Waals surface area contributed by atoms with Gasteiger partial charge in [0.15, 0.2) is 5.60 Å². The smallest absolute Gasteiger partial charge is 0.380 e. The Balaban J connectivity index is 1.91. The number of benzene rings is 1. The molecule has 1 aliphatic heterocycles. The molecule has 1 heterocycles. The van der Waals surface area contributed by atoms with Crippen LogP contribution in [0.4, 0.5) is 18.9 Å². The Hall–Kier alpha value is -1.32. The number of rotatable bonds is 5. The van der Waals surface area contributed by atoms with Gasteiger partial charge in [-0.1, -0.05) is 18.2 Å². The van der Waals surface area contributed by atoms with Crippen LogP contribution in [0.15, 0.2) is 30.3 Å². The summed E-state index contributed by atoms with van der Waals surface area (Å²) in [5.41, 5.74) is -2.45. The standard InChI is InChI=1S/C13H17F3N2O3S/c1-12(19,13(14,15)16)9-18-7-11(8-18)22(20,21)17-10-5-3-2-4-6-10/h2-6,11,17,19H,7-9H2,1H3/t12-/m1/s1. The molecule has 1 saturated heterocycles. The molecule has 1 aliphatic rings. The van der Waals surface area contributed by atoms with Crippen LogP contribution in [-0.4, -0.2) is 55.1 Å². The maximum atomic E-state index is 12.6. The largest absolute Gasteiger partial charge is 0.418 e. The first kappa shape index (κ1) is 17.0. The first-order valence-electron chi connectivity index (χ1n) is 6.59. The van der Waals surface area contributed by atoms with E-state index < -0.39 is 33.6 Å². The third-order valence-electron chi connectivity index (χ3n) is 3.54. The van der Waals surface area contributed by atoms with Crippen molar-refractivity contribution in [2.75, 3.05) is 24.4 Å². The number of anilines is 1. The van der Waals surface area contributed by atoms with Gasteiger partial charge in [-0.3, -0.25) is 9.62 Å². The highest BCUT2D eigenvalue weighted by atomic mass is 32.2. The van der Waals surface area contributed by atoms with Gasteiger partial charge in [0.05, 0.1) is 0 Å². The number of aliphatic hydroxyl groups is 1. The van der Waals surface area contributed by atoms with E-state index in [4.69, 9.17) is 0 Å². The van der Waals surface area contributed by atoms with Crippen molar-refractivity contribution in [3.05, 3.63) is 30.3 Å². The molecular weight excluding hydrogens is 321 g/mol. The van der Waals surface area contributed by atoms with E-state index in [1.807, 2.05) is 0 Å². The second-order valence-electron chi connectivity index (χ2n) is 5.60. The summed E-state index contributed by atoms with van der Waals surface area (Å²) in [7, 11) is -3.66. The Morgan fingerprint density at radius 3 is 2.32 bits per heavy atom. The summed E-state index contributed by atoms with van der Waals surface area (Å²) < 4.78 is 64.2. The number of halogens is 3. The molecule has 0 spiro atoms. The molecule has 1 aromatic carbocycles. The van der Waals surface area contributed by atoms with Crippen LogP contribution in [0.3, 0.4) is 0 Å². The summed E-state index contributed by atoms with van der Waals surface area (Å²) in [6.07, 6.45) is -4.75. The quantitative estimate of drug-likeness (QED) is 0.852. The van der Waals surface area contributed by atoms with E-state index in [0.29, 0.717) is 12.6 Å². The molecule has 9 heteroatoms. The van der Waals surface area contributed by atoms with Crippen molar-refractivity contribution in [3.8, 4) is 0 Å². The zero-order chi connectivity index (χ0) is 16.6. The topological polar surface area (TPSA) is 69.6 Å². The minimum atomic E-state index is -4.75. The SMILES string of the molecule is C[C@@](O)(CN1CC(S(=O)(=O)Nc2ccccc2)C1)C(F)(F)F. The first-order chi connectivity index (χ1) is 10.0. The third-order valence-corrected chi connectivity index (χ3v) is 5.23. The number of nitrogens with one attached hydrogen (secondary N) is 1. The van der Waals surface area contributed by atoms with E-state index in [1.54, 1.807) is 30.3 Å². The minimum absolute atomic E-state index is 0.0472. The van der Waals surface area contributed by atoms with Gasteiger partial charge in [0.2, 0.25) is 10.0 Å². The summed E-state index contributed by atoms with van der Waals surface area (Å²) in [5.74, 6) is 0. The monoisotopic (exact) mass is 338 g/mol. The molecule has 0 radical (unpaired) electrons. The zero-order valence-corrected chi connectivity index (χ0v) is 12.7. The molecule has 0 aliphatic carbocycles. The number of nitrogens with zero attached hydrogens (tertiary/aromatic N) is 1. The van der Waals surface area contributed by atoms with E-state index in [2.05, 4.69) is 4.72 Å². The van der Waals surface area contributed by atoms with E-state index >= 15 is 0 Å². The maximum Gasteiger partial charge on any atom is 0.418 e. The summed E-state index contributed by atoms with van der Waals surface area (Å²) in [4.78, 5) is 1.27. The molecule has 22 heavy (non-hydrogen) atoms. The predicted octanol–water partition coefficient (Wildman–Crippen LogP) is 1.43. The zero-order valence-electron chi connectivity index (χ0n) is 11.8. The molecule has 1 fully saturated rings. The van der Waals surface area contributed by atoms with Gasteiger partial charge in [-0.05, 0) is 19.1 Å². The maximum absolute atomic E-state index is 12.6. The molecular formula is C13H17F3N2O3S. The minimum Gasteiger partial charge on any atom is -0.380 e. The number of likely N-dealkylation sites (tertiary alicyclic amines) is 1. The van der Waals surface area contributed by atoms with Gasteiger partial charge in [-0.15, -0.1) is 0 Å². The molecule has 0 aromatic heterocycles. The van der Waals surface area contributed by atoms with Gasteiger partial charge in [0.25, 0.3) is 0 Å². The van der Waals surface area contributed by atoms with Gasteiger partial charge < -0.3 is 5.11 Å². The molecule has 0 unspecified atom stereocenters. The van der Waals surface area contributed by atoms with E-state index in [0.717, 1.165) is 0 Å². The first-order valence-corrected chi connectivity index (χ1v) is 8.14. The van der Waals surface area contributed by atoms with Crippen LogP contribution in [0.5, 0.6) is 0 Å². The lowest BCUT2D eigenvalue weighted by Gasteiger charge is -2.42. The number of β-amino-alcohol motifs (C(OH)–C–C–N with tert-alkyl or cyclic N) is 1. The van der Waals surface area contributed by atoms with Gasteiger partial charge in [0, 0.05) is 25.3 Å². The molecule has 2 N–H and O–H groups in total. The van der Waals surface area contributed by atoms with Crippen molar-refractivity contribution in [1.29, 1.82) is 0 Å². The Morgan fingerprint density at radius 2 is 1.82 bits per heavy atom. The third kappa shape index (κ3) is 3.71. The van der Waals surface area contributed by atoms with Crippen LogP contribution in [-0.2, 0) is 10.0 Å². The molecule has 1 aromatic rings. The fraction of sp³-hybridized carbons (Fsp3) is 0.538. The second-order valence-corrected chi connectivity index (χ2v) is 7.56. The normalized spacial score (nSPS) is 20.2. The van der Waals surface area contributed by atoms with E-state index in [1.165, 1.54) is 4.90 Å². The van der Waals surface area contributed by atoms with Crippen LogP contribution in [0.25, 0.3) is 0 Å². The van der Waals surface area contributed by atoms with E-state index in [-0.39, 0.29) is 13.1 Å². The fourth-order valence-electron chi connectivity index (χ4n) is 2.13. The Bertz CT molecular complexity index is 611. The highest BCUT2D eigenvalue weighted by Crippen LogP contribution is 2.32. The fourth-order valence-corrected chi connectivity index (χ4v) is 3.57. The Kier molecular flexibility index (Phi) is 4.42. The number of hydrogen-bond acceptors (Lipinski definition) is 4. The number of para-hydroxylation sites is 1. The van der Waals surface area contributed by atoms with E-state index in [9.17, 15) is 26.7 Å². The molecule has 1 atom stereocenters. The molecule has 0 saturated carbocycles. The highest BCUT2D eigenvalue weighted by molar-refractivity contribution is 7.93. The molecule has 5 nitrogen and oxygen atoms in total.